The minimum Gasteiger partial charge on any atom is -0.376 e. The van der Waals surface area contributed by atoms with Crippen molar-refractivity contribution in [2.75, 3.05) is 22.5 Å². The second-order valence-corrected chi connectivity index (χ2v) is 6.98. The molecule has 0 fully saturated rings. The van der Waals surface area contributed by atoms with Crippen LogP contribution in [-0.2, 0) is 9.59 Å². The Hall–Kier alpha value is -3.35. The minimum absolute atomic E-state index is 0.0136. The number of hydrogen-bond donors (Lipinski definition) is 4. The number of benzene rings is 2. The van der Waals surface area contributed by atoms with Crippen LogP contribution in [0.1, 0.15) is 44.0 Å². The fourth-order valence-electron chi connectivity index (χ4n) is 2.56. The molecule has 0 aromatic heterocycles. The van der Waals surface area contributed by atoms with Crippen molar-refractivity contribution in [2.45, 2.75) is 39.7 Å². The second-order valence-electron chi connectivity index (χ2n) is 6.98. The van der Waals surface area contributed by atoms with E-state index < -0.39 is 0 Å². The third kappa shape index (κ3) is 7.65. The molecule has 0 heterocycles. The highest BCUT2D eigenvalue weighted by Crippen LogP contribution is 2.14. The van der Waals surface area contributed by atoms with E-state index in [-0.39, 0.29) is 30.3 Å². The molecule has 3 amide bonds. The quantitative estimate of drug-likeness (QED) is 0.520. The molecule has 7 nitrogen and oxygen atoms in total. The molecule has 0 radical (unpaired) electrons. The van der Waals surface area contributed by atoms with E-state index in [0.717, 1.165) is 17.8 Å². The van der Waals surface area contributed by atoms with Crippen LogP contribution in [0.15, 0.2) is 48.5 Å². The van der Waals surface area contributed by atoms with Gasteiger partial charge in [0.2, 0.25) is 11.8 Å². The summed E-state index contributed by atoms with van der Waals surface area (Å²) in [4.78, 5) is 35.6. The Labute approximate surface area is 171 Å². The van der Waals surface area contributed by atoms with E-state index in [1.807, 2.05) is 20.8 Å². The molecule has 0 spiro atoms. The predicted molar refractivity (Wildman–Crippen MR) is 116 cm³/mol. The lowest BCUT2D eigenvalue weighted by Gasteiger charge is -2.10. The molecule has 0 aliphatic rings. The van der Waals surface area contributed by atoms with Crippen molar-refractivity contribution in [1.82, 2.24) is 5.32 Å². The largest absolute Gasteiger partial charge is 0.376 e. The summed E-state index contributed by atoms with van der Waals surface area (Å²) in [5, 5.41) is 11.4. The van der Waals surface area contributed by atoms with Gasteiger partial charge in [0.05, 0.1) is 6.54 Å². The van der Waals surface area contributed by atoms with Crippen molar-refractivity contribution in [3.63, 3.8) is 0 Å². The molecule has 154 valence electrons. The number of nitrogens with one attached hydrogen (secondary N) is 4. The number of hydrogen-bond acceptors (Lipinski definition) is 4. The lowest BCUT2D eigenvalue weighted by Crippen LogP contribution is -2.30. The van der Waals surface area contributed by atoms with Gasteiger partial charge in [-0.15, -0.1) is 0 Å². The highest BCUT2D eigenvalue weighted by molar-refractivity contribution is 5.97. The molecule has 0 saturated heterocycles. The molecular formula is C22H28N4O3. The van der Waals surface area contributed by atoms with Crippen molar-refractivity contribution in [3.05, 3.63) is 54.1 Å². The minimum atomic E-state index is -0.204. The van der Waals surface area contributed by atoms with Crippen molar-refractivity contribution in [3.8, 4) is 0 Å². The summed E-state index contributed by atoms with van der Waals surface area (Å²) >= 11 is 0. The van der Waals surface area contributed by atoms with Gasteiger partial charge in [0.15, 0.2) is 0 Å². The predicted octanol–water partition coefficient (Wildman–Crippen LogP) is 3.61. The number of carbonyl (C=O) groups excluding carboxylic acids is 3. The van der Waals surface area contributed by atoms with Crippen LogP contribution in [0.5, 0.6) is 0 Å². The SMILES string of the molecule is CCCC(=O)Nc1ccc(NCC(=O)Nc2ccc(C(=O)NC(C)C)cc2)cc1. The number of amides is 3. The zero-order valence-corrected chi connectivity index (χ0v) is 17.0. The first kappa shape index (κ1) is 21.9. The van der Waals surface area contributed by atoms with Gasteiger partial charge in [0.25, 0.3) is 5.91 Å². The van der Waals surface area contributed by atoms with Gasteiger partial charge < -0.3 is 21.3 Å². The van der Waals surface area contributed by atoms with E-state index in [4.69, 9.17) is 0 Å². The Morgan fingerprint density at radius 2 is 1.31 bits per heavy atom. The summed E-state index contributed by atoms with van der Waals surface area (Å²) in [6.45, 7) is 5.85. The molecule has 0 unspecified atom stereocenters. The Morgan fingerprint density at radius 1 is 0.793 bits per heavy atom. The summed E-state index contributed by atoms with van der Waals surface area (Å²) in [5.74, 6) is -0.362. The van der Waals surface area contributed by atoms with Gasteiger partial charge in [0.1, 0.15) is 0 Å². The Balaban J connectivity index is 1.80. The van der Waals surface area contributed by atoms with Gasteiger partial charge in [-0.2, -0.15) is 0 Å². The van der Waals surface area contributed by atoms with Gasteiger partial charge in [-0.3, -0.25) is 14.4 Å². The third-order valence-corrected chi connectivity index (χ3v) is 3.95. The van der Waals surface area contributed by atoms with Gasteiger partial charge in [-0.1, -0.05) is 6.92 Å². The molecule has 2 rings (SSSR count). The standard InChI is InChI=1S/C22H28N4O3/c1-4-5-20(27)25-19-12-10-17(11-13-19)23-14-21(28)26-18-8-6-16(7-9-18)22(29)24-15(2)3/h6-13,15,23H,4-5,14H2,1-3H3,(H,24,29)(H,25,27)(H,26,28). The number of carbonyl (C=O) groups is 3. The monoisotopic (exact) mass is 396 g/mol. The van der Waals surface area contributed by atoms with E-state index >= 15 is 0 Å². The van der Waals surface area contributed by atoms with Crippen molar-refractivity contribution in [2.24, 2.45) is 0 Å². The van der Waals surface area contributed by atoms with Crippen molar-refractivity contribution < 1.29 is 14.4 Å². The molecule has 0 aliphatic heterocycles. The maximum Gasteiger partial charge on any atom is 0.251 e. The van der Waals surface area contributed by atoms with E-state index in [1.54, 1.807) is 48.5 Å². The lowest BCUT2D eigenvalue weighted by molar-refractivity contribution is -0.116. The van der Waals surface area contributed by atoms with Crippen LogP contribution in [0.3, 0.4) is 0 Å². The van der Waals surface area contributed by atoms with E-state index in [9.17, 15) is 14.4 Å². The maximum absolute atomic E-state index is 12.1. The Bertz CT molecular complexity index is 830. The molecule has 2 aromatic rings. The third-order valence-electron chi connectivity index (χ3n) is 3.95. The van der Waals surface area contributed by atoms with Crippen molar-refractivity contribution in [1.29, 1.82) is 0 Å². The smallest absolute Gasteiger partial charge is 0.251 e. The molecule has 0 saturated carbocycles. The summed E-state index contributed by atoms with van der Waals surface area (Å²) in [6.07, 6.45) is 1.29. The van der Waals surface area contributed by atoms with Crippen LogP contribution in [-0.4, -0.2) is 30.3 Å². The highest BCUT2D eigenvalue weighted by atomic mass is 16.2. The Kier molecular flexibility index (Phi) is 8.21. The summed E-state index contributed by atoms with van der Waals surface area (Å²) in [5.41, 5.74) is 2.65. The van der Waals surface area contributed by atoms with Crippen LogP contribution < -0.4 is 21.3 Å². The molecule has 29 heavy (non-hydrogen) atoms. The summed E-state index contributed by atoms with van der Waals surface area (Å²) in [7, 11) is 0. The van der Waals surface area contributed by atoms with Crippen LogP contribution in [0.2, 0.25) is 0 Å². The zero-order chi connectivity index (χ0) is 21.2. The topological polar surface area (TPSA) is 99.3 Å². The first-order chi connectivity index (χ1) is 13.9. The molecule has 0 bridgehead atoms. The van der Waals surface area contributed by atoms with Gasteiger partial charge in [-0.05, 0) is 68.8 Å². The number of rotatable bonds is 9. The van der Waals surface area contributed by atoms with E-state index in [0.29, 0.717) is 17.7 Å². The van der Waals surface area contributed by atoms with Crippen LogP contribution in [0, 0.1) is 0 Å². The van der Waals surface area contributed by atoms with Crippen LogP contribution in [0.25, 0.3) is 0 Å². The van der Waals surface area contributed by atoms with E-state index in [2.05, 4.69) is 21.3 Å². The Morgan fingerprint density at radius 3 is 1.86 bits per heavy atom. The average Bonchev–Trinajstić information content (AvgIpc) is 2.67. The number of anilines is 3. The maximum atomic E-state index is 12.1. The highest BCUT2D eigenvalue weighted by Gasteiger charge is 2.08. The molecule has 2 aromatic carbocycles. The fourth-order valence-corrected chi connectivity index (χ4v) is 2.56. The molecule has 4 N–H and O–H groups in total. The summed E-state index contributed by atoms with van der Waals surface area (Å²) in [6, 6.07) is 14.0. The zero-order valence-electron chi connectivity index (χ0n) is 17.0. The van der Waals surface area contributed by atoms with E-state index in [1.165, 1.54) is 0 Å². The van der Waals surface area contributed by atoms with Gasteiger partial charge >= 0.3 is 0 Å². The normalized spacial score (nSPS) is 10.3. The lowest BCUT2D eigenvalue weighted by atomic mass is 10.2. The second kappa shape index (κ2) is 10.8. The average molecular weight is 396 g/mol. The van der Waals surface area contributed by atoms with Gasteiger partial charge in [-0.25, -0.2) is 0 Å². The van der Waals surface area contributed by atoms with Crippen LogP contribution >= 0.6 is 0 Å². The first-order valence-electron chi connectivity index (χ1n) is 9.72. The molecule has 7 heteroatoms. The first-order valence-corrected chi connectivity index (χ1v) is 9.72. The van der Waals surface area contributed by atoms with Crippen molar-refractivity contribution >= 4 is 34.8 Å². The molecular weight excluding hydrogens is 368 g/mol. The summed E-state index contributed by atoms with van der Waals surface area (Å²) < 4.78 is 0. The molecule has 0 aliphatic carbocycles. The molecule has 0 atom stereocenters. The van der Waals surface area contributed by atoms with Crippen LogP contribution in [0.4, 0.5) is 17.1 Å². The van der Waals surface area contributed by atoms with Gasteiger partial charge in [0, 0.05) is 35.1 Å². The fraction of sp³-hybridized carbons (Fsp3) is 0.318.